The van der Waals surface area contributed by atoms with E-state index in [1.54, 1.807) is 30.5 Å². The SMILES string of the molecule is CCCn1c(C)c(C)c(S(=O)(=O)c2ccc(OC)cc2)c1N(C(C)=O)C(C)=O. The number of amides is 2. The average Bonchev–Trinajstić information content (AvgIpc) is 2.87. The van der Waals surface area contributed by atoms with Crippen LogP contribution in [0.2, 0.25) is 0 Å². The van der Waals surface area contributed by atoms with E-state index in [-0.39, 0.29) is 15.6 Å². The van der Waals surface area contributed by atoms with Crippen LogP contribution in [0.5, 0.6) is 5.75 Å². The number of hydrogen-bond donors (Lipinski definition) is 0. The lowest BCUT2D eigenvalue weighted by Crippen LogP contribution is -2.36. The van der Waals surface area contributed by atoms with Crippen LogP contribution in [0.1, 0.15) is 38.4 Å². The molecule has 2 rings (SSSR count). The fourth-order valence-electron chi connectivity index (χ4n) is 3.25. The first-order valence-corrected chi connectivity index (χ1v) is 10.5. The molecule has 2 aromatic rings. The third-order valence-electron chi connectivity index (χ3n) is 4.67. The lowest BCUT2D eigenvalue weighted by atomic mass is 10.3. The number of carbonyl (C=O) groups is 2. The van der Waals surface area contributed by atoms with E-state index < -0.39 is 21.7 Å². The summed E-state index contributed by atoms with van der Waals surface area (Å²) < 4.78 is 33.8. The van der Waals surface area contributed by atoms with Crippen LogP contribution < -0.4 is 9.64 Å². The number of aromatic nitrogens is 1. The van der Waals surface area contributed by atoms with Crippen molar-refractivity contribution in [3.8, 4) is 5.75 Å². The Balaban J connectivity index is 2.86. The van der Waals surface area contributed by atoms with E-state index >= 15 is 0 Å². The zero-order chi connectivity index (χ0) is 21.2. The highest BCUT2D eigenvalue weighted by atomic mass is 32.2. The van der Waals surface area contributed by atoms with Crippen molar-refractivity contribution in [1.82, 2.24) is 4.57 Å². The second kappa shape index (κ2) is 8.18. The molecule has 0 fully saturated rings. The Bertz CT molecular complexity index is 990. The van der Waals surface area contributed by atoms with Crippen molar-refractivity contribution in [1.29, 1.82) is 0 Å². The van der Waals surface area contributed by atoms with Crippen LogP contribution in [0.4, 0.5) is 5.82 Å². The lowest BCUT2D eigenvalue weighted by molar-refractivity contribution is -0.124. The normalized spacial score (nSPS) is 11.4. The van der Waals surface area contributed by atoms with Crippen molar-refractivity contribution in [2.45, 2.75) is 57.4 Å². The molecule has 0 saturated heterocycles. The number of benzene rings is 1. The topological polar surface area (TPSA) is 85.7 Å². The van der Waals surface area contributed by atoms with Gasteiger partial charge in [0.2, 0.25) is 21.7 Å². The number of rotatable bonds is 6. The molecule has 1 aromatic carbocycles. The zero-order valence-electron chi connectivity index (χ0n) is 17.1. The monoisotopic (exact) mass is 406 g/mol. The minimum Gasteiger partial charge on any atom is -0.497 e. The first-order valence-electron chi connectivity index (χ1n) is 8.97. The minimum absolute atomic E-state index is 0.0194. The Morgan fingerprint density at radius 1 is 1.07 bits per heavy atom. The first kappa shape index (κ1) is 21.7. The summed E-state index contributed by atoms with van der Waals surface area (Å²) in [5.41, 5.74) is 1.23. The Hall–Kier alpha value is -2.61. The molecule has 0 bridgehead atoms. The van der Waals surface area contributed by atoms with Crippen LogP contribution in [-0.2, 0) is 26.0 Å². The summed E-state index contributed by atoms with van der Waals surface area (Å²) >= 11 is 0. The molecule has 0 N–H and O–H groups in total. The molecule has 0 spiro atoms. The summed E-state index contributed by atoms with van der Waals surface area (Å²) in [5.74, 6) is -0.431. The van der Waals surface area contributed by atoms with E-state index in [2.05, 4.69) is 0 Å². The van der Waals surface area contributed by atoms with Gasteiger partial charge in [-0.15, -0.1) is 0 Å². The summed E-state index contributed by atoms with van der Waals surface area (Å²) in [6.45, 7) is 8.41. The predicted octanol–water partition coefficient (Wildman–Crippen LogP) is 3.26. The van der Waals surface area contributed by atoms with Crippen molar-refractivity contribution >= 4 is 27.5 Å². The van der Waals surface area contributed by atoms with Gasteiger partial charge in [0.15, 0.2) is 0 Å². The van der Waals surface area contributed by atoms with Crippen LogP contribution in [0.3, 0.4) is 0 Å². The molecule has 7 nitrogen and oxygen atoms in total. The zero-order valence-corrected chi connectivity index (χ0v) is 17.9. The van der Waals surface area contributed by atoms with Gasteiger partial charge in [-0.25, -0.2) is 13.3 Å². The Kier molecular flexibility index (Phi) is 6.34. The molecule has 1 heterocycles. The molecule has 0 saturated carbocycles. The quantitative estimate of drug-likeness (QED) is 0.735. The fourth-order valence-corrected chi connectivity index (χ4v) is 4.97. The van der Waals surface area contributed by atoms with Crippen molar-refractivity contribution < 1.29 is 22.7 Å². The first-order chi connectivity index (χ1) is 13.1. The number of carbonyl (C=O) groups excluding carboxylic acids is 2. The third-order valence-corrected chi connectivity index (χ3v) is 6.59. The number of sulfone groups is 1. The number of nitrogens with zero attached hydrogens (tertiary/aromatic N) is 2. The molecule has 2 amide bonds. The Morgan fingerprint density at radius 2 is 1.61 bits per heavy atom. The van der Waals surface area contributed by atoms with Gasteiger partial charge in [0, 0.05) is 26.1 Å². The number of anilines is 1. The van der Waals surface area contributed by atoms with Gasteiger partial charge >= 0.3 is 0 Å². The van der Waals surface area contributed by atoms with Crippen LogP contribution in [0, 0.1) is 13.8 Å². The van der Waals surface area contributed by atoms with Gasteiger partial charge in [-0.2, -0.15) is 0 Å². The van der Waals surface area contributed by atoms with E-state index in [0.717, 1.165) is 4.90 Å². The second-order valence-electron chi connectivity index (χ2n) is 6.57. The van der Waals surface area contributed by atoms with Gasteiger partial charge in [0.05, 0.1) is 12.0 Å². The summed E-state index contributed by atoms with van der Waals surface area (Å²) in [4.78, 5) is 25.5. The molecule has 0 radical (unpaired) electrons. The van der Waals surface area contributed by atoms with E-state index in [0.29, 0.717) is 30.0 Å². The molecule has 0 atom stereocenters. The number of hydrogen-bond acceptors (Lipinski definition) is 5. The Morgan fingerprint density at radius 3 is 2.04 bits per heavy atom. The van der Waals surface area contributed by atoms with E-state index in [4.69, 9.17) is 4.74 Å². The van der Waals surface area contributed by atoms with E-state index in [9.17, 15) is 18.0 Å². The molecule has 0 aliphatic rings. The van der Waals surface area contributed by atoms with Crippen LogP contribution in [0.15, 0.2) is 34.1 Å². The molecular formula is C20H26N2O5S. The summed E-state index contributed by atoms with van der Waals surface area (Å²) in [6, 6.07) is 6.03. The maximum Gasteiger partial charge on any atom is 0.231 e. The van der Waals surface area contributed by atoms with Crippen molar-refractivity contribution in [3.63, 3.8) is 0 Å². The smallest absolute Gasteiger partial charge is 0.231 e. The average molecular weight is 407 g/mol. The van der Waals surface area contributed by atoms with E-state index in [1.807, 2.05) is 6.92 Å². The summed E-state index contributed by atoms with van der Waals surface area (Å²) in [5, 5.41) is 0. The predicted molar refractivity (Wildman–Crippen MR) is 106 cm³/mol. The van der Waals surface area contributed by atoms with Gasteiger partial charge < -0.3 is 9.30 Å². The highest BCUT2D eigenvalue weighted by Crippen LogP contribution is 2.38. The summed E-state index contributed by atoms with van der Waals surface area (Å²) in [7, 11) is -2.48. The van der Waals surface area contributed by atoms with Crippen molar-refractivity contribution in [3.05, 3.63) is 35.5 Å². The Labute approximate surface area is 165 Å². The number of methoxy groups -OCH3 is 1. The molecule has 1 aromatic heterocycles. The molecule has 0 aliphatic carbocycles. The van der Waals surface area contributed by atoms with Crippen molar-refractivity contribution in [2.75, 3.05) is 12.0 Å². The standard InChI is InChI=1S/C20H26N2O5S/c1-7-12-21-14(3)13(2)19(20(21)22(15(4)23)16(5)24)28(25,26)18-10-8-17(27-6)9-11-18/h8-11H,7,12H2,1-6H3. The molecule has 28 heavy (non-hydrogen) atoms. The van der Waals surface area contributed by atoms with Gasteiger partial charge in [-0.3, -0.25) is 9.59 Å². The minimum atomic E-state index is -3.98. The lowest BCUT2D eigenvalue weighted by Gasteiger charge is -2.22. The van der Waals surface area contributed by atoms with Gasteiger partial charge in [-0.05, 0) is 50.1 Å². The largest absolute Gasteiger partial charge is 0.497 e. The highest BCUT2D eigenvalue weighted by Gasteiger charge is 2.35. The van der Waals surface area contributed by atoms with Gasteiger partial charge in [-0.1, -0.05) is 6.92 Å². The fraction of sp³-hybridized carbons (Fsp3) is 0.400. The van der Waals surface area contributed by atoms with Gasteiger partial charge in [0.1, 0.15) is 16.5 Å². The maximum atomic E-state index is 13.5. The van der Waals surface area contributed by atoms with Crippen LogP contribution >= 0.6 is 0 Å². The van der Waals surface area contributed by atoms with Crippen molar-refractivity contribution in [2.24, 2.45) is 0 Å². The molecular weight excluding hydrogens is 380 g/mol. The maximum absolute atomic E-state index is 13.5. The van der Waals surface area contributed by atoms with Crippen LogP contribution in [-0.4, -0.2) is 31.9 Å². The molecule has 152 valence electrons. The third kappa shape index (κ3) is 3.69. The number of ether oxygens (including phenoxy) is 1. The number of imide groups is 1. The van der Waals surface area contributed by atoms with Gasteiger partial charge in [0.25, 0.3) is 0 Å². The van der Waals surface area contributed by atoms with E-state index in [1.165, 1.54) is 33.1 Å². The highest BCUT2D eigenvalue weighted by molar-refractivity contribution is 7.91. The molecule has 8 heteroatoms. The van der Waals surface area contributed by atoms with Crippen LogP contribution in [0.25, 0.3) is 0 Å². The molecule has 0 aliphatic heterocycles. The second-order valence-corrected chi connectivity index (χ2v) is 8.45. The summed E-state index contributed by atoms with van der Waals surface area (Å²) in [6.07, 6.45) is 0.716. The molecule has 0 unspecified atom stereocenters.